The predicted octanol–water partition coefficient (Wildman–Crippen LogP) is -0.790. The van der Waals surface area contributed by atoms with Gasteiger partial charge in [0.2, 0.25) is 101 Å². The summed E-state index contributed by atoms with van der Waals surface area (Å²) in [4.78, 5) is 261. The predicted molar refractivity (Wildman–Crippen MR) is 494 cm³/mol. The number of aliphatic hydroxyl groups is 1. The molecule has 3 aromatic heterocycles. The highest BCUT2D eigenvalue weighted by Gasteiger charge is 2.47. The molecule has 724 valence electrons. The number of fused-ring (bicyclic) bond motifs is 2. The second-order valence-corrected chi connectivity index (χ2v) is 35.6. The highest BCUT2D eigenvalue weighted by Crippen LogP contribution is 2.28. The number of likely N-dealkylation sites (N-methyl/N-ethyl adjacent to an activating group) is 3. The highest BCUT2D eigenvalue weighted by atomic mass is 32.2. The molecule has 42 heteroatoms. The van der Waals surface area contributed by atoms with Crippen LogP contribution in [0.3, 0.4) is 0 Å². The Morgan fingerprint density at radius 1 is 0.556 bits per heavy atom. The van der Waals surface area contributed by atoms with Gasteiger partial charge in [-0.25, -0.2) is 4.98 Å². The van der Waals surface area contributed by atoms with E-state index in [9.17, 15) is 58.2 Å². The molecule has 17 amide bonds. The van der Waals surface area contributed by atoms with Crippen molar-refractivity contribution < 1.29 is 91.7 Å². The van der Waals surface area contributed by atoms with Crippen molar-refractivity contribution in [2.75, 3.05) is 58.8 Å². The largest absolute Gasteiger partial charge is 0.508 e. The minimum absolute atomic E-state index is 0.0299. The average Bonchev–Trinajstić information content (AvgIpc) is 1.68. The Morgan fingerprint density at radius 2 is 1.11 bits per heavy atom. The fourth-order valence-corrected chi connectivity index (χ4v) is 17.1. The Hall–Kier alpha value is -13.0. The Bertz CT molecular complexity index is 5030. The number of β-amino-alcohol motifs (C(OH)–C–C–N with tert-alkyl or cyclic N) is 1. The van der Waals surface area contributed by atoms with Gasteiger partial charge in [-0.1, -0.05) is 115 Å². The van der Waals surface area contributed by atoms with Crippen LogP contribution in [-0.2, 0) is 107 Å². The monoisotopic (exact) mass is 1870 g/mol. The number of imidazole rings is 1. The number of amides is 17. The lowest BCUT2D eigenvalue weighted by atomic mass is 9.99. The number of rotatable bonds is 53. The van der Waals surface area contributed by atoms with Gasteiger partial charge >= 0.3 is 0 Å². The topological polar surface area (TPSA) is 605 Å². The van der Waals surface area contributed by atoms with Crippen molar-refractivity contribution in [3.63, 3.8) is 0 Å². The number of primary amides is 2. The molecule has 0 spiro atoms. The normalized spacial score (nSPS) is 16.9. The number of aromatic nitrogens is 4. The lowest BCUT2D eigenvalue weighted by Gasteiger charge is -2.36. The van der Waals surface area contributed by atoms with Crippen molar-refractivity contribution in [2.45, 2.75) is 248 Å². The van der Waals surface area contributed by atoms with E-state index in [1.807, 2.05) is 39.0 Å². The Labute approximate surface area is 776 Å². The molecule has 0 radical (unpaired) electrons. The van der Waals surface area contributed by atoms with Crippen LogP contribution in [-0.4, -0.2) is 305 Å². The summed E-state index contributed by atoms with van der Waals surface area (Å²) >= 11 is 1.35. The summed E-state index contributed by atoms with van der Waals surface area (Å²) in [5.74, 6) is -12.8. The lowest BCUT2D eigenvalue weighted by Crippen LogP contribution is -2.61. The number of aromatic hydroxyl groups is 1. The zero-order valence-corrected chi connectivity index (χ0v) is 77.8. The maximum Gasteiger partial charge on any atom is 0.246 e. The minimum atomic E-state index is -1.67. The molecule has 3 aromatic carbocycles. The number of aromatic amines is 3. The number of carbonyl (C=O) groups is 17. The molecule has 0 bridgehead atoms. The highest BCUT2D eigenvalue weighted by molar-refractivity contribution is 7.99. The third kappa shape index (κ3) is 29.8. The molecule has 5 heterocycles. The summed E-state index contributed by atoms with van der Waals surface area (Å²) in [5.41, 5.74) is 20.5. The van der Waals surface area contributed by atoms with Gasteiger partial charge in [-0.3, -0.25) is 81.5 Å². The Morgan fingerprint density at radius 3 is 1.70 bits per heavy atom. The molecule has 8 rings (SSSR count). The molecular weight excluding hydrogens is 1740 g/mol. The first-order valence-corrected chi connectivity index (χ1v) is 46.3. The molecule has 6 aromatic rings. The number of H-pyrrole nitrogens is 3. The summed E-state index contributed by atoms with van der Waals surface area (Å²) in [7, 11) is 4.15. The first-order valence-electron chi connectivity index (χ1n) is 45.1. The Kier molecular flexibility index (Phi) is 40.5. The van der Waals surface area contributed by atoms with Gasteiger partial charge in [-0.2, -0.15) is 11.8 Å². The fourth-order valence-electron chi connectivity index (χ4n) is 16.4. The summed E-state index contributed by atoms with van der Waals surface area (Å²) in [5, 5.41) is 49.4. The molecule has 41 nitrogen and oxygen atoms in total. The number of unbranched alkanes of at least 4 members (excludes halogenated alkanes) is 3. The van der Waals surface area contributed by atoms with Crippen molar-refractivity contribution in [3.8, 4) is 5.75 Å². The lowest BCUT2D eigenvalue weighted by molar-refractivity contribution is -0.149. The number of nitrogens with one attached hydrogen (secondary N) is 13. The second-order valence-electron chi connectivity index (χ2n) is 34.3. The van der Waals surface area contributed by atoms with Gasteiger partial charge in [0, 0.05) is 118 Å². The van der Waals surface area contributed by atoms with Crippen LogP contribution in [0.25, 0.3) is 21.8 Å². The molecule has 2 fully saturated rings. The quantitative estimate of drug-likeness (QED) is 0.0164. The zero-order valence-electron chi connectivity index (χ0n) is 77.0. The zero-order chi connectivity index (χ0) is 97.4. The van der Waals surface area contributed by atoms with E-state index in [2.05, 4.69) is 73.1 Å². The van der Waals surface area contributed by atoms with Crippen LogP contribution in [0.5, 0.6) is 5.75 Å². The van der Waals surface area contributed by atoms with E-state index in [-0.39, 0.29) is 101 Å². The first kappa shape index (κ1) is 105. The van der Waals surface area contributed by atoms with E-state index >= 15 is 33.6 Å². The van der Waals surface area contributed by atoms with Gasteiger partial charge in [0.15, 0.2) is 0 Å². The number of para-hydroxylation sites is 2. The maximum atomic E-state index is 15.7. The van der Waals surface area contributed by atoms with E-state index in [0.29, 0.717) is 88.5 Å². The molecule has 2 saturated heterocycles. The van der Waals surface area contributed by atoms with Gasteiger partial charge in [0.25, 0.3) is 0 Å². The Balaban J connectivity index is 1.02. The summed E-state index contributed by atoms with van der Waals surface area (Å²) < 4.78 is 0. The van der Waals surface area contributed by atoms with E-state index in [1.165, 1.54) is 81.2 Å². The van der Waals surface area contributed by atoms with Crippen LogP contribution in [0.4, 0.5) is 0 Å². The van der Waals surface area contributed by atoms with Crippen LogP contribution in [0.2, 0.25) is 0 Å². The number of hydrogen-bond donors (Lipinski definition) is 18. The average molecular weight is 1870 g/mol. The van der Waals surface area contributed by atoms with E-state index in [0.717, 1.165) is 14.7 Å². The SMILES string of the molecule is CCCCC[C@@H](C(=O)N(C)[C@@H](CCCC)C(=O)N[C@@H](C)C(=O)N[C@@H](CSCC)C(=O)NCC(N)=O)N(C)C(=O)[C@H](Cc1c[nH]c2ccccc12)NC(=O)[C@H](CCN)NC(=O)[C@H](Cc1c[nH]c2ccccc12)NC(=O)[C@@H]1C[C@@H](O)CN1C(=O)[C@H](CC(C)C)NC(=O)[C@H](Cc1cnc[nH]1)NC(=O)[C@@H]1CCCN1C(=O)[C@H](CC(N)=O)NC(=O)[C@H](C)N(C)C(=O)[C@H](Cc1ccc(O)cc1)NC=O. The van der Waals surface area contributed by atoms with Gasteiger partial charge in [0.05, 0.1) is 25.4 Å². The number of thioether (sulfide) groups is 1. The number of benzene rings is 3. The molecule has 15 atom stereocenters. The van der Waals surface area contributed by atoms with E-state index < -0.39 is 205 Å². The number of phenols is 1. The van der Waals surface area contributed by atoms with Gasteiger partial charge in [0.1, 0.15) is 90.3 Å². The molecule has 2 aliphatic heterocycles. The van der Waals surface area contributed by atoms with Gasteiger partial charge < -0.3 is 120 Å². The summed E-state index contributed by atoms with van der Waals surface area (Å²) in [6.07, 6.45) is 6.25. The van der Waals surface area contributed by atoms with Crippen LogP contribution in [0.15, 0.2) is 97.7 Å². The van der Waals surface area contributed by atoms with Gasteiger partial charge in [-0.15, -0.1) is 0 Å². The molecular formula is C91H130N22O19S. The maximum absolute atomic E-state index is 15.7. The van der Waals surface area contributed by atoms with Crippen LogP contribution < -0.4 is 70.4 Å². The summed E-state index contributed by atoms with van der Waals surface area (Å²) in [6.45, 7) is 10.8. The number of nitrogens with two attached hydrogens (primary N) is 3. The van der Waals surface area contributed by atoms with Crippen molar-refractivity contribution >= 4 is 134 Å². The number of carbonyl (C=O) groups excluding carboxylic acids is 17. The van der Waals surface area contributed by atoms with Crippen molar-refractivity contribution in [1.82, 2.24) is 97.6 Å². The van der Waals surface area contributed by atoms with Crippen molar-refractivity contribution in [3.05, 3.63) is 120 Å². The fraction of sp³-hybridized carbons (Fsp3) is 0.538. The van der Waals surface area contributed by atoms with E-state index in [4.69, 9.17) is 17.2 Å². The minimum Gasteiger partial charge on any atom is -0.508 e. The number of aliphatic hydroxyl groups excluding tert-OH is 1. The smallest absolute Gasteiger partial charge is 0.246 e. The molecule has 0 unspecified atom stereocenters. The third-order valence-electron chi connectivity index (χ3n) is 23.9. The molecule has 133 heavy (non-hydrogen) atoms. The number of hydrogen-bond acceptors (Lipinski definition) is 22. The van der Waals surface area contributed by atoms with Crippen LogP contribution in [0.1, 0.15) is 154 Å². The summed E-state index contributed by atoms with van der Waals surface area (Å²) in [6, 6.07) is 0.916. The van der Waals surface area contributed by atoms with Crippen LogP contribution in [0, 0.1) is 5.92 Å². The number of nitrogens with zero attached hydrogens (tertiary/aromatic N) is 6. The number of likely N-dealkylation sites (tertiary alicyclic amines) is 2. The van der Waals surface area contributed by atoms with Crippen molar-refractivity contribution in [1.29, 1.82) is 0 Å². The molecule has 0 aliphatic carbocycles. The molecule has 2 aliphatic rings. The van der Waals surface area contributed by atoms with Crippen molar-refractivity contribution in [2.24, 2.45) is 23.1 Å². The number of phenolic OH excluding ortho intramolecular Hbond substituents is 1. The first-order chi connectivity index (χ1) is 63.4. The molecule has 21 N–H and O–H groups in total. The standard InChI is InChI=1S/C91H130N22O19S/c1-11-14-16-27-74(91(132)110(9)72(26-15-12-2)84(125)101-52(6)78(119)108-71(48-133-13-3)80(121)98-46-77(94)118)111(10)88(129)69(39-56-44-97-63-25-20-18-23-61(56)63)107-81(122)64(33-34-92)102-82(123)65(38-55-43-96-62-24-19-17-22-60(55)62)103-86(127)75-41-59(116)47-113(75)90(131)68(36-51(4)5)106-83(124)66(40-57-45-95-49-99-57)104-85(126)73-28-21-35-112(73)89(130)70(42-76(93)117)105-79(120)53(7)109(8)87(128)67(100-50-114)37-54-29-31-58(115)32-30-54/h17-20,22-25,29-32,43-45,49-53,59,64-75,96-97,115-116H,11-16,21,26-28,33-42,46-48,92H2,1-10H3,(H2,93,117)(H2,94,118)(H,95,99)(H,98,121)(H,100,114)(H,101,125)(H,102,123)(H,103,127)(H,104,126)(H,105,120)(H,106,124)(H,107,122)(H,108,119)/t52-,53-,59+,64-,65-,66-,67-,68-,69-,70-,71-,72-,73-,74-,75-/m0/s1. The van der Waals surface area contributed by atoms with Crippen LogP contribution >= 0.6 is 11.8 Å². The second kappa shape index (κ2) is 51.1. The van der Waals surface area contributed by atoms with Gasteiger partial charge in [-0.05, 0) is 112 Å². The molecule has 0 saturated carbocycles. The van der Waals surface area contributed by atoms with E-state index in [1.54, 1.807) is 68.7 Å². The third-order valence-corrected chi connectivity index (χ3v) is 24.9.